The lowest BCUT2D eigenvalue weighted by atomic mass is 10.1. The van der Waals surface area contributed by atoms with E-state index in [0.717, 1.165) is 17.7 Å². The molecule has 0 aliphatic heterocycles. The zero-order chi connectivity index (χ0) is 17.5. The predicted octanol–water partition coefficient (Wildman–Crippen LogP) is 4.22. The monoisotopic (exact) mass is 342 g/mol. The molecule has 4 nitrogen and oxygen atoms in total. The minimum Gasteiger partial charge on any atom is -0.465 e. The van der Waals surface area contributed by atoms with Crippen molar-refractivity contribution in [2.24, 2.45) is 0 Å². The zero-order valence-electron chi connectivity index (χ0n) is 14.1. The molecular formula is C19H22N2O2S. The fourth-order valence-electron chi connectivity index (χ4n) is 2.42. The van der Waals surface area contributed by atoms with Crippen molar-refractivity contribution in [2.75, 3.05) is 12.4 Å². The van der Waals surface area contributed by atoms with Gasteiger partial charge in [-0.2, -0.15) is 0 Å². The third-order valence-corrected chi connectivity index (χ3v) is 4.04. The van der Waals surface area contributed by atoms with Crippen LogP contribution in [-0.4, -0.2) is 18.2 Å². The number of hydrogen-bond donors (Lipinski definition) is 2. The van der Waals surface area contributed by atoms with Crippen LogP contribution in [0.25, 0.3) is 0 Å². The molecule has 0 radical (unpaired) electrons. The van der Waals surface area contributed by atoms with E-state index in [4.69, 9.17) is 17.0 Å². The minimum absolute atomic E-state index is 0.135. The van der Waals surface area contributed by atoms with Gasteiger partial charge in [0.15, 0.2) is 5.11 Å². The number of aryl methyl sites for hydroxylation is 1. The number of thiocarbonyl (C=S) groups is 1. The van der Waals surface area contributed by atoms with Crippen molar-refractivity contribution in [1.29, 1.82) is 0 Å². The summed E-state index contributed by atoms with van der Waals surface area (Å²) in [5.74, 6) is -0.368. The highest BCUT2D eigenvalue weighted by Gasteiger charge is 2.12. The van der Waals surface area contributed by atoms with E-state index in [1.165, 1.54) is 12.7 Å². The Morgan fingerprint density at radius 2 is 1.92 bits per heavy atom. The lowest BCUT2D eigenvalue weighted by molar-refractivity contribution is 0.0601. The van der Waals surface area contributed by atoms with E-state index in [0.29, 0.717) is 10.7 Å². The minimum atomic E-state index is -0.368. The molecule has 126 valence electrons. The Labute approximate surface area is 148 Å². The second-order valence-corrected chi connectivity index (χ2v) is 5.90. The van der Waals surface area contributed by atoms with Gasteiger partial charge in [0.05, 0.1) is 18.7 Å². The first-order chi connectivity index (χ1) is 11.5. The Morgan fingerprint density at radius 3 is 2.54 bits per heavy atom. The van der Waals surface area contributed by atoms with Gasteiger partial charge >= 0.3 is 5.97 Å². The van der Waals surface area contributed by atoms with Gasteiger partial charge < -0.3 is 15.4 Å². The van der Waals surface area contributed by atoms with Crippen molar-refractivity contribution >= 4 is 29.0 Å². The molecular weight excluding hydrogens is 320 g/mol. The van der Waals surface area contributed by atoms with Gasteiger partial charge in [-0.1, -0.05) is 43.3 Å². The van der Waals surface area contributed by atoms with Gasteiger partial charge in [-0.3, -0.25) is 0 Å². The SMILES string of the molecule is CCC(NC(=S)Nc1cc(C(=O)OC)ccc1C)c1ccccc1. The molecule has 2 aromatic carbocycles. The number of anilines is 1. The van der Waals surface area contributed by atoms with Gasteiger partial charge in [0.2, 0.25) is 0 Å². The summed E-state index contributed by atoms with van der Waals surface area (Å²) >= 11 is 5.44. The molecule has 1 atom stereocenters. The molecule has 0 aromatic heterocycles. The normalized spacial score (nSPS) is 11.5. The summed E-state index contributed by atoms with van der Waals surface area (Å²) in [6.45, 7) is 4.07. The Bertz CT molecular complexity index is 717. The number of benzene rings is 2. The first-order valence-electron chi connectivity index (χ1n) is 7.86. The van der Waals surface area contributed by atoms with Crippen LogP contribution in [0.2, 0.25) is 0 Å². The third-order valence-electron chi connectivity index (χ3n) is 3.82. The second-order valence-electron chi connectivity index (χ2n) is 5.49. The van der Waals surface area contributed by atoms with Crippen LogP contribution < -0.4 is 10.6 Å². The van der Waals surface area contributed by atoms with Gasteiger partial charge in [-0.05, 0) is 48.8 Å². The number of methoxy groups -OCH3 is 1. The van der Waals surface area contributed by atoms with E-state index >= 15 is 0 Å². The van der Waals surface area contributed by atoms with E-state index in [1.807, 2.05) is 31.2 Å². The van der Waals surface area contributed by atoms with Gasteiger partial charge in [0, 0.05) is 5.69 Å². The molecule has 0 bridgehead atoms. The molecule has 1 unspecified atom stereocenters. The molecule has 2 aromatic rings. The van der Waals surface area contributed by atoms with Crippen LogP contribution in [0.1, 0.15) is 40.9 Å². The number of esters is 1. The highest BCUT2D eigenvalue weighted by Crippen LogP contribution is 2.19. The summed E-state index contributed by atoms with van der Waals surface area (Å²) in [7, 11) is 1.37. The van der Waals surface area contributed by atoms with E-state index in [9.17, 15) is 4.79 Å². The van der Waals surface area contributed by atoms with Crippen molar-refractivity contribution in [3.63, 3.8) is 0 Å². The molecule has 0 fully saturated rings. The van der Waals surface area contributed by atoms with Crippen LogP contribution in [-0.2, 0) is 4.74 Å². The maximum absolute atomic E-state index is 11.7. The average Bonchev–Trinajstić information content (AvgIpc) is 2.61. The van der Waals surface area contributed by atoms with Crippen LogP contribution in [0, 0.1) is 6.92 Å². The van der Waals surface area contributed by atoms with Crippen LogP contribution >= 0.6 is 12.2 Å². The zero-order valence-corrected chi connectivity index (χ0v) is 14.9. The fourth-order valence-corrected chi connectivity index (χ4v) is 2.68. The summed E-state index contributed by atoms with van der Waals surface area (Å²) in [5, 5.41) is 7.03. The van der Waals surface area contributed by atoms with Gasteiger partial charge in [0.1, 0.15) is 0 Å². The largest absolute Gasteiger partial charge is 0.465 e. The third kappa shape index (κ3) is 4.55. The number of ether oxygens (including phenoxy) is 1. The fraction of sp³-hybridized carbons (Fsp3) is 0.263. The van der Waals surface area contributed by atoms with Gasteiger partial charge in [-0.15, -0.1) is 0 Å². The van der Waals surface area contributed by atoms with Crippen molar-refractivity contribution in [2.45, 2.75) is 26.3 Å². The quantitative estimate of drug-likeness (QED) is 0.629. The van der Waals surface area contributed by atoms with Crippen LogP contribution in [0.15, 0.2) is 48.5 Å². The second kappa shape index (κ2) is 8.45. The average molecular weight is 342 g/mol. The summed E-state index contributed by atoms with van der Waals surface area (Å²) in [4.78, 5) is 11.7. The summed E-state index contributed by atoms with van der Waals surface area (Å²) in [5.41, 5.74) is 3.46. The van der Waals surface area contributed by atoms with Crippen LogP contribution in [0.4, 0.5) is 5.69 Å². The lowest BCUT2D eigenvalue weighted by Crippen LogP contribution is -2.32. The Balaban J connectivity index is 2.10. The standard InChI is InChI=1S/C19H22N2O2S/c1-4-16(14-8-6-5-7-9-14)20-19(24)21-17-12-15(18(22)23-3)11-10-13(17)2/h5-12,16H,4H2,1-3H3,(H2,20,21,24). The molecule has 24 heavy (non-hydrogen) atoms. The molecule has 0 amide bonds. The maximum atomic E-state index is 11.7. The summed E-state index contributed by atoms with van der Waals surface area (Å²) in [6, 6.07) is 15.7. The van der Waals surface area contributed by atoms with Crippen molar-refractivity contribution < 1.29 is 9.53 Å². The van der Waals surface area contributed by atoms with Gasteiger partial charge in [0.25, 0.3) is 0 Å². The van der Waals surface area contributed by atoms with Crippen LogP contribution in [0.5, 0.6) is 0 Å². The molecule has 2 N–H and O–H groups in total. The molecule has 2 rings (SSSR count). The maximum Gasteiger partial charge on any atom is 0.337 e. The molecule has 0 spiro atoms. The molecule has 0 aliphatic rings. The molecule has 0 saturated heterocycles. The van der Waals surface area contributed by atoms with Crippen molar-refractivity contribution in [1.82, 2.24) is 5.32 Å². The summed E-state index contributed by atoms with van der Waals surface area (Å²) in [6.07, 6.45) is 0.910. The first-order valence-corrected chi connectivity index (χ1v) is 8.27. The first kappa shape index (κ1) is 17.9. The Kier molecular flexibility index (Phi) is 6.32. The molecule has 0 saturated carbocycles. The van der Waals surface area contributed by atoms with Gasteiger partial charge in [-0.25, -0.2) is 4.79 Å². The highest BCUT2D eigenvalue weighted by atomic mass is 32.1. The van der Waals surface area contributed by atoms with Crippen molar-refractivity contribution in [3.05, 3.63) is 65.2 Å². The smallest absolute Gasteiger partial charge is 0.337 e. The molecule has 0 aliphatic carbocycles. The van der Waals surface area contributed by atoms with E-state index in [2.05, 4.69) is 29.7 Å². The molecule has 5 heteroatoms. The highest BCUT2D eigenvalue weighted by molar-refractivity contribution is 7.80. The lowest BCUT2D eigenvalue weighted by Gasteiger charge is -2.20. The van der Waals surface area contributed by atoms with E-state index in [-0.39, 0.29) is 12.0 Å². The summed E-state index contributed by atoms with van der Waals surface area (Å²) < 4.78 is 4.76. The van der Waals surface area contributed by atoms with Crippen molar-refractivity contribution in [3.8, 4) is 0 Å². The van der Waals surface area contributed by atoms with E-state index in [1.54, 1.807) is 12.1 Å². The van der Waals surface area contributed by atoms with E-state index < -0.39 is 0 Å². The number of carbonyl (C=O) groups is 1. The molecule has 0 heterocycles. The Morgan fingerprint density at radius 1 is 1.21 bits per heavy atom. The van der Waals surface area contributed by atoms with Crippen LogP contribution in [0.3, 0.4) is 0 Å². The Hall–Kier alpha value is -2.40. The number of hydrogen-bond acceptors (Lipinski definition) is 3. The predicted molar refractivity (Wildman–Crippen MR) is 101 cm³/mol. The topological polar surface area (TPSA) is 50.4 Å². The number of carbonyl (C=O) groups excluding carboxylic acids is 1. The number of rotatable bonds is 5. The number of nitrogens with one attached hydrogen (secondary N) is 2.